The second kappa shape index (κ2) is 9.40. The number of anilines is 2. The van der Waals surface area contributed by atoms with Crippen molar-refractivity contribution in [1.82, 2.24) is 9.97 Å². The molecule has 0 bridgehead atoms. The van der Waals surface area contributed by atoms with E-state index in [1.807, 2.05) is 13.8 Å². The molecule has 34 heavy (non-hydrogen) atoms. The summed E-state index contributed by atoms with van der Waals surface area (Å²) < 4.78 is 27.9. The van der Waals surface area contributed by atoms with Crippen molar-refractivity contribution in [2.75, 3.05) is 10.0 Å². The van der Waals surface area contributed by atoms with Gasteiger partial charge in [0, 0.05) is 23.4 Å². The minimum atomic E-state index is -3.75. The quantitative estimate of drug-likeness (QED) is 0.353. The van der Waals surface area contributed by atoms with E-state index in [-0.39, 0.29) is 29.2 Å². The normalized spacial score (nSPS) is 11.5. The van der Waals surface area contributed by atoms with E-state index in [0.29, 0.717) is 33.0 Å². The summed E-state index contributed by atoms with van der Waals surface area (Å²) in [5, 5.41) is 3.38. The zero-order valence-corrected chi connectivity index (χ0v) is 20.6. The molecule has 0 fully saturated rings. The molecule has 0 aliphatic carbocycles. The lowest BCUT2D eigenvalue weighted by Gasteiger charge is -2.13. The topological polar surface area (TPSA) is 121 Å². The molecule has 4 aromatic rings. The zero-order valence-electron chi connectivity index (χ0n) is 18.9. The molecule has 2 heterocycles. The number of rotatable bonds is 7. The molecule has 0 aliphatic heterocycles. The van der Waals surface area contributed by atoms with Gasteiger partial charge in [-0.1, -0.05) is 24.3 Å². The van der Waals surface area contributed by atoms with Crippen LogP contribution < -0.4 is 15.6 Å². The van der Waals surface area contributed by atoms with Crippen molar-refractivity contribution < 1.29 is 13.2 Å². The van der Waals surface area contributed by atoms with Crippen LogP contribution in [0.2, 0.25) is 0 Å². The Labute approximate surface area is 201 Å². The number of amides is 1. The van der Waals surface area contributed by atoms with Crippen LogP contribution >= 0.6 is 11.3 Å². The Morgan fingerprint density at radius 3 is 2.56 bits per heavy atom. The Morgan fingerprint density at radius 2 is 1.82 bits per heavy atom. The van der Waals surface area contributed by atoms with E-state index in [1.54, 1.807) is 43.3 Å². The maximum Gasteiger partial charge on any atom is 0.261 e. The first kappa shape index (κ1) is 23.7. The number of benzene rings is 2. The van der Waals surface area contributed by atoms with Gasteiger partial charge in [0.25, 0.3) is 15.6 Å². The molecule has 2 aromatic heterocycles. The van der Waals surface area contributed by atoms with Crippen molar-refractivity contribution >= 4 is 48.9 Å². The molecule has 0 saturated carbocycles. The summed E-state index contributed by atoms with van der Waals surface area (Å²) in [6, 6.07) is 13.1. The molecule has 3 N–H and O–H groups in total. The van der Waals surface area contributed by atoms with E-state index >= 15 is 0 Å². The van der Waals surface area contributed by atoms with E-state index in [9.17, 15) is 18.0 Å². The van der Waals surface area contributed by atoms with Crippen molar-refractivity contribution in [3.05, 3.63) is 80.7 Å². The number of carbonyl (C=O) groups is 1. The van der Waals surface area contributed by atoms with Gasteiger partial charge in [-0.2, -0.15) is 0 Å². The van der Waals surface area contributed by atoms with E-state index in [4.69, 9.17) is 0 Å². The molecule has 10 heteroatoms. The van der Waals surface area contributed by atoms with Gasteiger partial charge in [-0.15, -0.1) is 11.3 Å². The fourth-order valence-corrected chi connectivity index (χ4v) is 5.68. The number of H-pyrrole nitrogens is 1. The van der Waals surface area contributed by atoms with Crippen LogP contribution in [0.25, 0.3) is 10.2 Å². The van der Waals surface area contributed by atoms with Crippen LogP contribution in [0.3, 0.4) is 0 Å². The molecular weight excluding hydrogens is 472 g/mol. The molecule has 176 valence electrons. The monoisotopic (exact) mass is 496 g/mol. The molecule has 0 aliphatic rings. The van der Waals surface area contributed by atoms with Gasteiger partial charge in [0.2, 0.25) is 5.91 Å². The van der Waals surface area contributed by atoms with E-state index in [0.717, 1.165) is 10.4 Å². The Balaban J connectivity index is 1.45. The number of nitrogens with zero attached hydrogens (tertiary/aromatic N) is 1. The average molecular weight is 497 g/mol. The summed E-state index contributed by atoms with van der Waals surface area (Å²) in [6.07, 6.45) is 0.378. The highest BCUT2D eigenvalue weighted by Gasteiger charge is 2.16. The molecule has 0 unspecified atom stereocenters. The molecule has 4 rings (SSSR count). The smallest absolute Gasteiger partial charge is 0.261 e. The van der Waals surface area contributed by atoms with Crippen LogP contribution in [0.1, 0.15) is 28.2 Å². The highest BCUT2D eigenvalue weighted by molar-refractivity contribution is 7.92. The number of nitrogens with one attached hydrogen (secondary N) is 3. The number of hydrogen-bond acceptors (Lipinski definition) is 6. The molecule has 0 radical (unpaired) electrons. The fourth-order valence-electron chi connectivity index (χ4n) is 3.49. The van der Waals surface area contributed by atoms with Gasteiger partial charge in [-0.3, -0.25) is 14.3 Å². The van der Waals surface area contributed by atoms with Crippen molar-refractivity contribution in [3.63, 3.8) is 0 Å². The minimum absolute atomic E-state index is 0.108. The Hall–Kier alpha value is -3.50. The minimum Gasteiger partial charge on any atom is -0.326 e. The highest BCUT2D eigenvalue weighted by atomic mass is 32.2. The Bertz CT molecular complexity index is 1540. The first-order chi connectivity index (χ1) is 16.1. The molecule has 0 saturated heterocycles. The first-order valence-electron chi connectivity index (χ1n) is 10.6. The fraction of sp³-hybridized carbons (Fsp3) is 0.208. The Morgan fingerprint density at radius 1 is 1.09 bits per heavy atom. The number of sulfonamides is 1. The number of aromatic amines is 1. The lowest BCUT2D eigenvalue weighted by molar-refractivity contribution is -0.116. The zero-order chi connectivity index (χ0) is 24.5. The van der Waals surface area contributed by atoms with Crippen LogP contribution in [0.5, 0.6) is 0 Å². The lowest BCUT2D eigenvalue weighted by Crippen LogP contribution is -2.17. The van der Waals surface area contributed by atoms with Crippen molar-refractivity contribution in [3.8, 4) is 0 Å². The number of carbonyl (C=O) groups excluding carboxylic acids is 1. The molecule has 1 amide bonds. The van der Waals surface area contributed by atoms with Gasteiger partial charge in [0.15, 0.2) is 0 Å². The number of hydrogen-bond donors (Lipinski definition) is 3. The molecule has 0 spiro atoms. The van der Waals surface area contributed by atoms with E-state index < -0.39 is 10.0 Å². The summed E-state index contributed by atoms with van der Waals surface area (Å²) in [4.78, 5) is 34.1. The predicted octanol–water partition coefficient (Wildman–Crippen LogP) is 4.28. The van der Waals surface area contributed by atoms with Crippen LogP contribution in [0.15, 0.2) is 58.2 Å². The molecule has 2 aromatic carbocycles. The third-order valence-corrected chi connectivity index (χ3v) is 7.98. The van der Waals surface area contributed by atoms with Crippen molar-refractivity contribution in [1.29, 1.82) is 0 Å². The maximum absolute atomic E-state index is 12.7. The van der Waals surface area contributed by atoms with Gasteiger partial charge in [0.05, 0.1) is 16.0 Å². The van der Waals surface area contributed by atoms with Crippen molar-refractivity contribution in [2.45, 2.75) is 38.5 Å². The molecule has 0 atom stereocenters. The van der Waals surface area contributed by atoms with Gasteiger partial charge >= 0.3 is 0 Å². The SMILES string of the molecule is Cc1ccc(NC(=O)CCc2nc3sc(C)c(C)c3c(=O)[nH]2)cc1NS(=O)(=O)c1ccccc1. The average Bonchev–Trinajstić information content (AvgIpc) is 3.09. The predicted molar refractivity (Wildman–Crippen MR) is 135 cm³/mol. The van der Waals surface area contributed by atoms with E-state index in [2.05, 4.69) is 20.0 Å². The summed E-state index contributed by atoms with van der Waals surface area (Å²) in [5.41, 5.74) is 2.28. The van der Waals surface area contributed by atoms with Gasteiger partial charge < -0.3 is 10.3 Å². The van der Waals surface area contributed by atoms with Crippen LogP contribution in [-0.4, -0.2) is 24.3 Å². The van der Waals surface area contributed by atoms with E-state index in [1.165, 1.54) is 23.5 Å². The maximum atomic E-state index is 12.7. The third-order valence-electron chi connectivity index (χ3n) is 5.50. The summed E-state index contributed by atoms with van der Waals surface area (Å²) >= 11 is 1.46. The number of aryl methyl sites for hydroxylation is 4. The Kier molecular flexibility index (Phi) is 6.54. The van der Waals surface area contributed by atoms with Crippen LogP contribution in [0.4, 0.5) is 11.4 Å². The standard InChI is InChI=1S/C24H24N4O4S2/c1-14-9-10-17(13-19(14)28-34(31,32)18-7-5-4-6-8-18)25-21(29)12-11-20-26-23(30)22-15(2)16(3)33-24(22)27-20/h4-10,13,28H,11-12H2,1-3H3,(H,25,29)(H,26,27,30). The molecule has 8 nitrogen and oxygen atoms in total. The lowest BCUT2D eigenvalue weighted by atomic mass is 10.2. The summed E-state index contributed by atoms with van der Waals surface area (Å²) in [7, 11) is -3.75. The van der Waals surface area contributed by atoms with Gasteiger partial charge in [-0.05, 0) is 56.2 Å². The largest absolute Gasteiger partial charge is 0.326 e. The van der Waals surface area contributed by atoms with Crippen molar-refractivity contribution in [2.24, 2.45) is 0 Å². The third kappa shape index (κ3) is 5.02. The van der Waals surface area contributed by atoms with Crippen LogP contribution in [0, 0.1) is 20.8 Å². The molecular formula is C24H24N4O4S2. The van der Waals surface area contributed by atoms with Crippen LogP contribution in [-0.2, 0) is 21.2 Å². The van der Waals surface area contributed by atoms with Gasteiger partial charge in [0.1, 0.15) is 10.7 Å². The summed E-state index contributed by atoms with van der Waals surface area (Å²) in [6.45, 7) is 5.62. The highest BCUT2D eigenvalue weighted by Crippen LogP contribution is 2.26. The number of fused-ring (bicyclic) bond motifs is 1. The first-order valence-corrected chi connectivity index (χ1v) is 12.9. The summed E-state index contributed by atoms with van der Waals surface area (Å²) in [5.74, 6) is 0.177. The van der Waals surface area contributed by atoms with Gasteiger partial charge in [-0.25, -0.2) is 13.4 Å². The number of thiophene rings is 1. The second-order valence-corrected chi connectivity index (χ2v) is 10.9. The second-order valence-electron chi connectivity index (χ2n) is 7.97. The number of aromatic nitrogens is 2.